The van der Waals surface area contributed by atoms with Crippen LogP contribution in [0.1, 0.15) is 0 Å². The minimum absolute atomic E-state index is 0. The number of rotatable bonds is 0. The topological polar surface area (TPSA) is 168 Å². The minimum atomic E-state index is -0.657. The number of nitrogens with zero attached hydrogens (tertiary/aromatic N) is 4. The molecule has 0 aromatic carbocycles. The van der Waals surface area contributed by atoms with Gasteiger partial charge < -0.3 is 16.8 Å². The molecule has 1 unspecified atom stereocenters. The van der Waals surface area contributed by atoms with Gasteiger partial charge in [0.25, 0.3) is 5.91 Å². The normalized spacial score (nSPS) is 24.5. The highest BCUT2D eigenvalue weighted by atomic mass is 16.2. The summed E-state index contributed by atoms with van der Waals surface area (Å²) in [6.45, 7) is 0. The Morgan fingerprint density at radius 2 is 2.13 bits per heavy atom. The molecule has 0 saturated carbocycles. The van der Waals surface area contributed by atoms with E-state index in [0.717, 1.165) is 0 Å². The zero-order valence-corrected chi connectivity index (χ0v) is 7.51. The van der Waals surface area contributed by atoms with Crippen molar-refractivity contribution >= 4 is 30.1 Å². The van der Waals surface area contributed by atoms with Gasteiger partial charge in [-0.1, -0.05) is 0 Å². The highest BCUT2D eigenvalue weighted by Crippen LogP contribution is 2.05. The lowest BCUT2D eigenvalue weighted by Crippen LogP contribution is -2.47. The van der Waals surface area contributed by atoms with Crippen molar-refractivity contribution in [2.45, 2.75) is 6.04 Å². The van der Waals surface area contributed by atoms with E-state index in [0.29, 0.717) is 5.84 Å². The second-order valence-electron chi connectivity index (χ2n) is 2.39. The molecule has 1 atom stereocenters. The largest absolute Gasteiger partial charge is 0.412 e. The molecule has 0 aromatic rings. The van der Waals surface area contributed by atoms with E-state index in [9.17, 15) is 4.79 Å². The van der Waals surface area contributed by atoms with Crippen molar-refractivity contribution in [3.05, 3.63) is 0 Å². The SMILES string of the molecule is N/N=C1/N=C2N=CC=NC2C(=O)N1.O.O. The number of nitrogens with one attached hydrogen (secondary N) is 1. The Hall–Kier alpha value is -2.13. The number of amidine groups is 1. The van der Waals surface area contributed by atoms with Gasteiger partial charge in [0.1, 0.15) is 0 Å². The maximum atomic E-state index is 11.3. The predicted molar refractivity (Wildman–Crippen MR) is 55.2 cm³/mol. The molecule has 0 radical (unpaired) electrons. The Morgan fingerprint density at radius 3 is 2.80 bits per heavy atom. The van der Waals surface area contributed by atoms with E-state index in [1.165, 1.54) is 12.4 Å². The first-order valence-electron chi connectivity index (χ1n) is 3.54. The summed E-state index contributed by atoms with van der Waals surface area (Å²) in [5, 5.41) is 5.64. The summed E-state index contributed by atoms with van der Waals surface area (Å²) >= 11 is 0. The van der Waals surface area contributed by atoms with Gasteiger partial charge in [-0.25, -0.2) is 4.99 Å². The number of carbonyl (C=O) groups excluding carboxylic acids is 1. The molecule has 7 N–H and O–H groups in total. The molecular weight excluding hydrogens is 204 g/mol. The van der Waals surface area contributed by atoms with Gasteiger partial charge in [0.05, 0.1) is 0 Å². The van der Waals surface area contributed by atoms with Crippen LogP contribution >= 0.6 is 0 Å². The number of carbonyl (C=O) groups is 1. The van der Waals surface area contributed by atoms with Gasteiger partial charge in [0, 0.05) is 12.4 Å². The molecule has 0 fully saturated rings. The van der Waals surface area contributed by atoms with Crippen LogP contribution in [-0.4, -0.2) is 47.1 Å². The fraction of sp³-hybridized carbons (Fsp3) is 0.167. The van der Waals surface area contributed by atoms with Crippen LogP contribution in [0.25, 0.3) is 0 Å². The van der Waals surface area contributed by atoms with Crippen LogP contribution in [0.15, 0.2) is 20.1 Å². The molecule has 0 saturated heterocycles. The third kappa shape index (κ3) is 2.21. The molecule has 9 heteroatoms. The van der Waals surface area contributed by atoms with Gasteiger partial charge in [0.2, 0.25) is 5.96 Å². The van der Waals surface area contributed by atoms with Crippen molar-refractivity contribution in [1.29, 1.82) is 0 Å². The Bertz CT molecular complexity index is 371. The average molecular weight is 214 g/mol. The third-order valence-corrected chi connectivity index (χ3v) is 1.58. The number of hydrogen-bond acceptors (Lipinski definition) is 5. The van der Waals surface area contributed by atoms with E-state index in [2.05, 4.69) is 25.4 Å². The average Bonchev–Trinajstić information content (AvgIpc) is 2.18. The maximum absolute atomic E-state index is 11.3. The van der Waals surface area contributed by atoms with E-state index in [1.807, 2.05) is 0 Å². The molecule has 2 rings (SSSR count). The second-order valence-corrected chi connectivity index (χ2v) is 2.39. The molecule has 2 heterocycles. The van der Waals surface area contributed by atoms with Crippen LogP contribution < -0.4 is 11.2 Å². The minimum Gasteiger partial charge on any atom is -0.412 e. The fourth-order valence-corrected chi connectivity index (χ4v) is 1.02. The van der Waals surface area contributed by atoms with Gasteiger partial charge in [0.15, 0.2) is 11.9 Å². The molecule has 0 aliphatic carbocycles. The third-order valence-electron chi connectivity index (χ3n) is 1.58. The van der Waals surface area contributed by atoms with Gasteiger partial charge in [-0.2, -0.15) is 4.99 Å². The summed E-state index contributed by atoms with van der Waals surface area (Å²) in [6.07, 6.45) is 2.91. The van der Waals surface area contributed by atoms with Crippen molar-refractivity contribution < 1.29 is 15.7 Å². The lowest BCUT2D eigenvalue weighted by molar-refractivity contribution is -0.119. The molecule has 2 aliphatic rings. The lowest BCUT2D eigenvalue weighted by Gasteiger charge is -2.18. The molecular formula is C6H10N6O3. The molecule has 0 bridgehead atoms. The quantitative estimate of drug-likeness (QED) is 0.317. The molecule has 0 aromatic heterocycles. The molecule has 9 nitrogen and oxygen atoms in total. The number of fused-ring (bicyclic) bond motifs is 1. The highest BCUT2D eigenvalue weighted by molar-refractivity contribution is 6.29. The lowest BCUT2D eigenvalue weighted by atomic mass is 10.2. The summed E-state index contributed by atoms with van der Waals surface area (Å²) in [7, 11) is 0. The second kappa shape index (κ2) is 4.93. The number of hydrazone groups is 1. The van der Waals surface area contributed by atoms with Crippen LogP contribution in [0.5, 0.6) is 0 Å². The predicted octanol–water partition coefficient (Wildman–Crippen LogP) is -3.38. The van der Waals surface area contributed by atoms with E-state index in [-0.39, 0.29) is 22.8 Å². The number of guanidine groups is 1. The Kier molecular flexibility index (Phi) is 4.23. The molecule has 1 amide bonds. The van der Waals surface area contributed by atoms with Crippen LogP contribution in [0.4, 0.5) is 0 Å². The van der Waals surface area contributed by atoms with Gasteiger partial charge >= 0.3 is 0 Å². The first-order chi connectivity index (χ1) is 6.31. The fourth-order valence-electron chi connectivity index (χ4n) is 1.02. The number of aliphatic imine (C=N–C) groups is 3. The number of nitrogens with two attached hydrogens (primary N) is 1. The van der Waals surface area contributed by atoms with Crippen molar-refractivity contribution in [3.8, 4) is 0 Å². The molecule has 0 spiro atoms. The zero-order chi connectivity index (χ0) is 9.26. The summed E-state index contributed by atoms with van der Waals surface area (Å²) < 4.78 is 0. The van der Waals surface area contributed by atoms with Gasteiger partial charge in [-0.05, 0) is 0 Å². The number of hydrogen-bond donors (Lipinski definition) is 2. The van der Waals surface area contributed by atoms with E-state index >= 15 is 0 Å². The summed E-state index contributed by atoms with van der Waals surface area (Å²) in [4.78, 5) is 22.9. The molecule has 15 heavy (non-hydrogen) atoms. The molecule has 82 valence electrons. The zero-order valence-electron chi connectivity index (χ0n) is 7.51. The van der Waals surface area contributed by atoms with Crippen LogP contribution in [0.2, 0.25) is 0 Å². The van der Waals surface area contributed by atoms with Gasteiger partial charge in [-0.15, -0.1) is 5.10 Å². The van der Waals surface area contributed by atoms with E-state index < -0.39 is 6.04 Å². The first-order valence-corrected chi connectivity index (χ1v) is 3.54. The Morgan fingerprint density at radius 1 is 1.40 bits per heavy atom. The molecule has 2 aliphatic heterocycles. The van der Waals surface area contributed by atoms with Crippen LogP contribution in [-0.2, 0) is 4.79 Å². The standard InChI is InChI=1S/C6H6N6O.2H2O/c7-12-6-10-4-3(5(13)11-6)8-1-2-9-4;;/h1-3H,7H2,(H,11,12,13);2*1H2. The van der Waals surface area contributed by atoms with Gasteiger partial charge in [-0.3, -0.25) is 15.1 Å². The van der Waals surface area contributed by atoms with E-state index in [1.54, 1.807) is 0 Å². The van der Waals surface area contributed by atoms with Crippen molar-refractivity contribution in [1.82, 2.24) is 5.32 Å². The van der Waals surface area contributed by atoms with Crippen molar-refractivity contribution in [2.75, 3.05) is 0 Å². The summed E-state index contributed by atoms with van der Waals surface area (Å²) in [5.41, 5.74) is 0. The monoisotopic (exact) mass is 214 g/mol. The summed E-state index contributed by atoms with van der Waals surface area (Å²) in [6, 6.07) is -0.657. The number of amides is 1. The highest BCUT2D eigenvalue weighted by Gasteiger charge is 2.29. The Balaban J connectivity index is 0.000000980. The summed E-state index contributed by atoms with van der Waals surface area (Å²) in [5.74, 6) is 5.02. The van der Waals surface area contributed by atoms with Crippen molar-refractivity contribution in [3.63, 3.8) is 0 Å². The van der Waals surface area contributed by atoms with Crippen LogP contribution in [0.3, 0.4) is 0 Å². The smallest absolute Gasteiger partial charge is 0.259 e. The van der Waals surface area contributed by atoms with E-state index in [4.69, 9.17) is 5.84 Å². The Labute approximate surface area is 84.1 Å². The maximum Gasteiger partial charge on any atom is 0.259 e. The van der Waals surface area contributed by atoms with Crippen molar-refractivity contribution in [2.24, 2.45) is 25.9 Å². The first kappa shape index (κ1) is 12.9. The van der Waals surface area contributed by atoms with Crippen LogP contribution in [0, 0.1) is 0 Å².